The van der Waals surface area contributed by atoms with Crippen LogP contribution in [-0.4, -0.2) is 31.5 Å². The average molecular weight is 398 g/mol. The normalized spacial score (nSPS) is 11.0. The van der Waals surface area contributed by atoms with Gasteiger partial charge in [0.2, 0.25) is 5.91 Å². The van der Waals surface area contributed by atoms with E-state index in [0.717, 1.165) is 24.3 Å². The summed E-state index contributed by atoms with van der Waals surface area (Å²) in [7, 11) is 0. The fraction of sp³-hybridized carbons (Fsp3) is 0.263. The number of nitrogens with one attached hydrogen (secondary N) is 2. The number of hydrogen-bond acceptors (Lipinski definition) is 3. The third kappa shape index (κ3) is 7.26. The van der Waals surface area contributed by atoms with Gasteiger partial charge in [-0.15, -0.1) is 0 Å². The summed E-state index contributed by atoms with van der Waals surface area (Å²) < 4.78 is 55.2. The van der Waals surface area contributed by atoms with E-state index < -0.39 is 17.6 Å². The number of hydrogen-bond donors (Lipinski definition) is 2. The van der Waals surface area contributed by atoms with Crippen LogP contribution in [0.3, 0.4) is 0 Å². The highest BCUT2D eigenvalue weighted by molar-refractivity contribution is 5.79. The molecule has 2 amide bonds. The van der Waals surface area contributed by atoms with Crippen molar-refractivity contribution in [1.29, 1.82) is 0 Å². The molecule has 0 bridgehead atoms. The van der Waals surface area contributed by atoms with Crippen LogP contribution in [0.2, 0.25) is 0 Å². The Morgan fingerprint density at radius 2 is 1.43 bits per heavy atom. The van der Waals surface area contributed by atoms with Crippen LogP contribution >= 0.6 is 0 Å². The molecule has 0 heterocycles. The molecule has 0 saturated carbocycles. The highest BCUT2D eigenvalue weighted by Gasteiger charge is 2.30. The zero-order valence-corrected chi connectivity index (χ0v) is 14.7. The Labute approximate surface area is 158 Å². The van der Waals surface area contributed by atoms with E-state index >= 15 is 0 Å². The summed E-state index contributed by atoms with van der Waals surface area (Å²) in [6, 6.07) is 9.54. The summed E-state index contributed by atoms with van der Waals surface area (Å²) in [5.41, 5.74) is -0.145. The van der Waals surface area contributed by atoms with Crippen molar-refractivity contribution in [2.45, 2.75) is 12.6 Å². The SMILES string of the molecule is O=C(COc1ccc(C(F)(F)F)cc1)NCCNC(=O)Cc1ccc(F)cc1. The minimum absolute atomic E-state index is 0.0886. The van der Waals surface area contributed by atoms with E-state index in [1.807, 2.05) is 0 Å². The van der Waals surface area contributed by atoms with E-state index in [2.05, 4.69) is 10.6 Å². The monoisotopic (exact) mass is 398 g/mol. The van der Waals surface area contributed by atoms with E-state index in [1.54, 1.807) is 0 Å². The molecule has 2 aromatic carbocycles. The Hall–Kier alpha value is -3.10. The average Bonchev–Trinajstić information content (AvgIpc) is 2.65. The van der Waals surface area contributed by atoms with E-state index in [9.17, 15) is 27.2 Å². The van der Waals surface area contributed by atoms with E-state index in [1.165, 1.54) is 24.3 Å². The van der Waals surface area contributed by atoms with Crippen molar-refractivity contribution >= 4 is 11.8 Å². The fourth-order valence-electron chi connectivity index (χ4n) is 2.19. The van der Waals surface area contributed by atoms with Gasteiger partial charge in [-0.3, -0.25) is 9.59 Å². The molecule has 150 valence electrons. The molecule has 0 spiro atoms. The molecule has 9 heteroatoms. The molecular formula is C19H18F4N2O3. The van der Waals surface area contributed by atoms with Crippen molar-refractivity contribution in [3.8, 4) is 5.75 Å². The van der Waals surface area contributed by atoms with Crippen molar-refractivity contribution in [2.24, 2.45) is 0 Å². The van der Waals surface area contributed by atoms with Crippen LogP contribution in [0.1, 0.15) is 11.1 Å². The van der Waals surface area contributed by atoms with E-state index in [4.69, 9.17) is 4.74 Å². The van der Waals surface area contributed by atoms with Gasteiger partial charge >= 0.3 is 6.18 Å². The van der Waals surface area contributed by atoms with E-state index in [-0.39, 0.29) is 43.6 Å². The lowest BCUT2D eigenvalue weighted by Crippen LogP contribution is -2.37. The smallest absolute Gasteiger partial charge is 0.416 e. The van der Waals surface area contributed by atoms with Crippen LogP contribution < -0.4 is 15.4 Å². The highest BCUT2D eigenvalue weighted by atomic mass is 19.4. The van der Waals surface area contributed by atoms with Crippen LogP contribution in [-0.2, 0) is 22.2 Å². The molecule has 2 rings (SSSR count). The van der Waals surface area contributed by atoms with Gasteiger partial charge in [-0.2, -0.15) is 13.2 Å². The Morgan fingerprint density at radius 3 is 2.00 bits per heavy atom. The second-order valence-electron chi connectivity index (χ2n) is 5.81. The maximum atomic E-state index is 12.8. The molecule has 0 saturated heterocycles. The van der Waals surface area contributed by atoms with Gasteiger partial charge in [0.15, 0.2) is 6.61 Å². The summed E-state index contributed by atoms with van der Waals surface area (Å²) >= 11 is 0. The van der Waals surface area contributed by atoms with Crippen LogP contribution in [0.4, 0.5) is 17.6 Å². The van der Waals surface area contributed by atoms with Gasteiger partial charge in [0.25, 0.3) is 5.91 Å². The topological polar surface area (TPSA) is 67.4 Å². The summed E-state index contributed by atoms with van der Waals surface area (Å²) in [5, 5.41) is 5.11. The first-order valence-electron chi connectivity index (χ1n) is 8.32. The van der Waals surface area contributed by atoms with Gasteiger partial charge in [-0.1, -0.05) is 12.1 Å². The first-order valence-corrected chi connectivity index (χ1v) is 8.32. The number of rotatable bonds is 8. The zero-order valence-electron chi connectivity index (χ0n) is 14.7. The van der Waals surface area contributed by atoms with Crippen molar-refractivity contribution in [3.63, 3.8) is 0 Å². The van der Waals surface area contributed by atoms with Crippen molar-refractivity contribution in [2.75, 3.05) is 19.7 Å². The third-order valence-corrected chi connectivity index (χ3v) is 3.60. The summed E-state index contributed by atoms with van der Waals surface area (Å²) in [5.74, 6) is -1.00. The summed E-state index contributed by atoms with van der Waals surface area (Å²) in [4.78, 5) is 23.4. The number of benzene rings is 2. The third-order valence-electron chi connectivity index (χ3n) is 3.60. The lowest BCUT2D eigenvalue weighted by molar-refractivity contribution is -0.137. The Balaban J connectivity index is 1.62. The van der Waals surface area contributed by atoms with Crippen molar-refractivity contribution < 1.29 is 31.9 Å². The Morgan fingerprint density at radius 1 is 0.857 bits per heavy atom. The molecule has 0 atom stereocenters. The Bertz CT molecular complexity index is 790. The molecule has 0 unspecified atom stereocenters. The lowest BCUT2D eigenvalue weighted by Gasteiger charge is -2.10. The molecule has 0 radical (unpaired) electrons. The number of alkyl halides is 3. The molecule has 2 N–H and O–H groups in total. The van der Waals surface area contributed by atoms with E-state index in [0.29, 0.717) is 5.56 Å². The second kappa shape index (κ2) is 9.72. The minimum atomic E-state index is -4.43. The molecule has 0 aliphatic carbocycles. The summed E-state index contributed by atoms with van der Waals surface area (Å²) in [6.45, 7) is -0.0225. The maximum Gasteiger partial charge on any atom is 0.416 e. The quantitative estimate of drug-likeness (QED) is 0.531. The highest BCUT2D eigenvalue weighted by Crippen LogP contribution is 2.30. The molecule has 28 heavy (non-hydrogen) atoms. The number of carbonyl (C=O) groups is 2. The number of carbonyl (C=O) groups excluding carboxylic acids is 2. The molecule has 0 aromatic heterocycles. The van der Waals surface area contributed by atoms with Gasteiger partial charge < -0.3 is 15.4 Å². The maximum absolute atomic E-state index is 12.8. The molecular weight excluding hydrogens is 380 g/mol. The van der Waals surface area contributed by atoms with Crippen molar-refractivity contribution in [3.05, 3.63) is 65.5 Å². The van der Waals surface area contributed by atoms with Gasteiger partial charge in [-0.25, -0.2) is 4.39 Å². The predicted octanol–water partition coefficient (Wildman–Crippen LogP) is 2.70. The van der Waals surface area contributed by atoms with Crippen LogP contribution in [0, 0.1) is 5.82 Å². The van der Waals surface area contributed by atoms with Gasteiger partial charge in [0.1, 0.15) is 11.6 Å². The van der Waals surface area contributed by atoms with Crippen molar-refractivity contribution in [1.82, 2.24) is 10.6 Å². The predicted molar refractivity (Wildman–Crippen MR) is 93.1 cm³/mol. The standard InChI is InChI=1S/C19H18F4N2O3/c20-15-5-1-13(2-6-15)11-17(26)24-9-10-25-18(27)12-28-16-7-3-14(4-8-16)19(21,22)23/h1-8H,9-12H2,(H,24,26)(H,25,27). The molecule has 0 aliphatic heterocycles. The first kappa shape index (κ1) is 21.2. The summed E-state index contributed by atoms with van der Waals surface area (Å²) in [6.07, 6.45) is -4.34. The van der Waals surface area contributed by atoms with Crippen LogP contribution in [0.15, 0.2) is 48.5 Å². The van der Waals surface area contributed by atoms with Gasteiger partial charge in [0.05, 0.1) is 12.0 Å². The number of ether oxygens (including phenoxy) is 1. The van der Waals surface area contributed by atoms with Crippen LogP contribution in [0.25, 0.3) is 0 Å². The second-order valence-corrected chi connectivity index (χ2v) is 5.81. The molecule has 5 nitrogen and oxygen atoms in total. The fourth-order valence-corrected chi connectivity index (χ4v) is 2.19. The number of halogens is 4. The van der Waals surface area contributed by atoms with Gasteiger partial charge in [-0.05, 0) is 42.0 Å². The Kier molecular flexibility index (Phi) is 7.36. The first-order chi connectivity index (χ1) is 13.2. The number of amides is 2. The lowest BCUT2D eigenvalue weighted by atomic mass is 10.1. The van der Waals surface area contributed by atoms with Crippen LogP contribution in [0.5, 0.6) is 5.75 Å². The van der Waals surface area contributed by atoms with Gasteiger partial charge in [0, 0.05) is 13.1 Å². The largest absolute Gasteiger partial charge is 0.484 e. The minimum Gasteiger partial charge on any atom is -0.484 e. The molecule has 0 aliphatic rings. The molecule has 0 fully saturated rings. The zero-order chi connectivity index (χ0) is 20.6. The molecule has 2 aromatic rings.